The molecule has 0 saturated heterocycles. The van der Waals surface area contributed by atoms with Crippen molar-refractivity contribution in [3.63, 3.8) is 0 Å². The molecule has 0 amide bonds. The van der Waals surface area contributed by atoms with Gasteiger partial charge >= 0.3 is 0 Å². The molecule has 4 nitrogen and oxygen atoms in total. The summed E-state index contributed by atoms with van der Waals surface area (Å²) in [6, 6.07) is 0. The quantitative estimate of drug-likeness (QED) is 0.798. The fourth-order valence-electron chi connectivity index (χ4n) is 2.28. The summed E-state index contributed by atoms with van der Waals surface area (Å²) in [5.74, 6) is 0.376. The SMILES string of the molecule is CC1(CCn2cnc(N)n2)CCCC1. The second-order valence-electron chi connectivity index (χ2n) is 4.63. The molecule has 1 saturated carbocycles. The summed E-state index contributed by atoms with van der Waals surface area (Å²) in [7, 11) is 0. The third-order valence-corrected chi connectivity index (χ3v) is 3.31. The van der Waals surface area contributed by atoms with Crippen LogP contribution in [0.3, 0.4) is 0 Å². The number of hydrogen-bond donors (Lipinski definition) is 1. The average molecular weight is 194 g/mol. The van der Waals surface area contributed by atoms with Gasteiger partial charge in [0.1, 0.15) is 6.33 Å². The van der Waals surface area contributed by atoms with Gasteiger partial charge in [-0.2, -0.15) is 0 Å². The van der Waals surface area contributed by atoms with Crippen molar-refractivity contribution in [2.45, 2.75) is 45.6 Å². The van der Waals surface area contributed by atoms with E-state index in [0.717, 1.165) is 6.54 Å². The van der Waals surface area contributed by atoms with Crippen LogP contribution in [0, 0.1) is 5.41 Å². The molecule has 78 valence electrons. The van der Waals surface area contributed by atoms with Crippen molar-refractivity contribution in [2.24, 2.45) is 5.41 Å². The highest BCUT2D eigenvalue weighted by atomic mass is 15.3. The zero-order valence-corrected chi connectivity index (χ0v) is 8.74. The first kappa shape index (κ1) is 9.49. The molecule has 0 spiro atoms. The van der Waals surface area contributed by atoms with E-state index >= 15 is 0 Å². The number of hydrogen-bond acceptors (Lipinski definition) is 3. The minimum atomic E-state index is 0.376. The molecule has 0 bridgehead atoms. The summed E-state index contributed by atoms with van der Waals surface area (Å²) < 4.78 is 1.85. The monoisotopic (exact) mass is 194 g/mol. The number of rotatable bonds is 3. The first-order valence-corrected chi connectivity index (χ1v) is 5.33. The molecule has 0 aromatic carbocycles. The lowest BCUT2D eigenvalue weighted by atomic mass is 9.85. The number of anilines is 1. The van der Waals surface area contributed by atoms with E-state index in [4.69, 9.17) is 5.73 Å². The van der Waals surface area contributed by atoms with Crippen molar-refractivity contribution in [3.8, 4) is 0 Å². The van der Waals surface area contributed by atoms with Gasteiger partial charge < -0.3 is 5.73 Å². The Hall–Kier alpha value is -1.06. The zero-order valence-electron chi connectivity index (χ0n) is 8.74. The molecule has 14 heavy (non-hydrogen) atoms. The van der Waals surface area contributed by atoms with Crippen molar-refractivity contribution >= 4 is 5.95 Å². The second-order valence-corrected chi connectivity index (χ2v) is 4.63. The van der Waals surface area contributed by atoms with Gasteiger partial charge in [0.05, 0.1) is 0 Å². The molecular formula is C10H18N4. The Morgan fingerprint density at radius 1 is 1.50 bits per heavy atom. The van der Waals surface area contributed by atoms with Crippen LogP contribution in [0.5, 0.6) is 0 Å². The molecule has 0 unspecified atom stereocenters. The molecule has 2 rings (SSSR count). The van der Waals surface area contributed by atoms with E-state index in [9.17, 15) is 0 Å². The third-order valence-electron chi connectivity index (χ3n) is 3.31. The van der Waals surface area contributed by atoms with Crippen molar-refractivity contribution in [1.29, 1.82) is 0 Å². The Kier molecular flexibility index (Phi) is 2.44. The van der Waals surface area contributed by atoms with E-state index in [0.29, 0.717) is 11.4 Å². The lowest BCUT2D eigenvalue weighted by molar-refractivity contribution is 0.283. The smallest absolute Gasteiger partial charge is 0.239 e. The highest BCUT2D eigenvalue weighted by Crippen LogP contribution is 2.40. The van der Waals surface area contributed by atoms with Crippen LogP contribution in [0.1, 0.15) is 39.0 Å². The molecule has 0 radical (unpaired) electrons. The Morgan fingerprint density at radius 2 is 2.21 bits per heavy atom. The number of aromatic nitrogens is 3. The van der Waals surface area contributed by atoms with E-state index in [1.165, 1.54) is 32.1 Å². The fourth-order valence-corrected chi connectivity index (χ4v) is 2.28. The molecular weight excluding hydrogens is 176 g/mol. The van der Waals surface area contributed by atoms with Gasteiger partial charge in [0.15, 0.2) is 0 Å². The summed E-state index contributed by atoms with van der Waals surface area (Å²) in [5.41, 5.74) is 5.98. The van der Waals surface area contributed by atoms with E-state index < -0.39 is 0 Å². The van der Waals surface area contributed by atoms with Crippen LogP contribution < -0.4 is 5.73 Å². The standard InChI is InChI=1S/C10H18N4/c1-10(4-2-3-5-10)6-7-14-8-12-9(11)13-14/h8H,2-7H2,1H3,(H2,11,13). The summed E-state index contributed by atoms with van der Waals surface area (Å²) in [5, 5.41) is 4.09. The molecule has 0 atom stereocenters. The molecule has 0 aliphatic heterocycles. The van der Waals surface area contributed by atoms with Crippen LogP contribution in [0.2, 0.25) is 0 Å². The Balaban J connectivity index is 1.87. The van der Waals surface area contributed by atoms with Gasteiger partial charge in [-0.15, -0.1) is 5.10 Å². The molecule has 1 aromatic heterocycles. The fraction of sp³-hybridized carbons (Fsp3) is 0.800. The van der Waals surface area contributed by atoms with Gasteiger partial charge in [-0.05, 0) is 24.7 Å². The van der Waals surface area contributed by atoms with Crippen molar-refractivity contribution in [1.82, 2.24) is 14.8 Å². The summed E-state index contributed by atoms with van der Waals surface area (Å²) >= 11 is 0. The lowest BCUT2D eigenvalue weighted by Gasteiger charge is -2.22. The molecule has 1 heterocycles. The van der Waals surface area contributed by atoms with Crippen LogP contribution in [-0.2, 0) is 6.54 Å². The Bertz CT molecular complexity index is 299. The highest BCUT2D eigenvalue weighted by Gasteiger charge is 2.28. The number of nitrogen functional groups attached to an aromatic ring is 1. The first-order valence-electron chi connectivity index (χ1n) is 5.33. The predicted octanol–water partition coefficient (Wildman–Crippen LogP) is 1.83. The van der Waals surface area contributed by atoms with Crippen LogP contribution in [0.25, 0.3) is 0 Å². The molecule has 1 fully saturated rings. The third kappa shape index (κ3) is 2.05. The zero-order chi connectivity index (χ0) is 10.0. The van der Waals surface area contributed by atoms with Gasteiger partial charge in [0, 0.05) is 6.54 Å². The van der Waals surface area contributed by atoms with Crippen LogP contribution >= 0.6 is 0 Å². The van der Waals surface area contributed by atoms with Gasteiger partial charge in [-0.25, -0.2) is 4.98 Å². The molecule has 2 N–H and O–H groups in total. The molecule has 1 aliphatic carbocycles. The minimum absolute atomic E-state index is 0.376. The van der Waals surface area contributed by atoms with Gasteiger partial charge in [0.25, 0.3) is 0 Å². The maximum absolute atomic E-state index is 5.45. The maximum Gasteiger partial charge on any atom is 0.239 e. The van der Waals surface area contributed by atoms with Crippen molar-refractivity contribution in [2.75, 3.05) is 5.73 Å². The van der Waals surface area contributed by atoms with Crippen LogP contribution in [-0.4, -0.2) is 14.8 Å². The molecule has 1 aliphatic rings. The second kappa shape index (κ2) is 3.59. The summed E-state index contributed by atoms with van der Waals surface area (Å²) in [6.45, 7) is 3.32. The number of nitrogens with zero attached hydrogens (tertiary/aromatic N) is 3. The maximum atomic E-state index is 5.45. The lowest BCUT2D eigenvalue weighted by Crippen LogP contribution is -2.14. The number of aryl methyl sites for hydroxylation is 1. The van der Waals surface area contributed by atoms with Gasteiger partial charge in [-0.3, -0.25) is 4.68 Å². The Labute approximate surface area is 84.5 Å². The average Bonchev–Trinajstić information content (AvgIpc) is 2.73. The van der Waals surface area contributed by atoms with E-state index in [2.05, 4.69) is 17.0 Å². The van der Waals surface area contributed by atoms with Gasteiger partial charge in [-0.1, -0.05) is 19.8 Å². The van der Waals surface area contributed by atoms with Crippen LogP contribution in [0.15, 0.2) is 6.33 Å². The van der Waals surface area contributed by atoms with E-state index in [-0.39, 0.29) is 0 Å². The highest BCUT2D eigenvalue weighted by molar-refractivity contribution is 5.09. The Morgan fingerprint density at radius 3 is 2.79 bits per heavy atom. The molecule has 4 heteroatoms. The van der Waals surface area contributed by atoms with Crippen molar-refractivity contribution in [3.05, 3.63) is 6.33 Å². The first-order chi connectivity index (χ1) is 6.68. The predicted molar refractivity (Wildman–Crippen MR) is 55.6 cm³/mol. The minimum Gasteiger partial charge on any atom is -0.367 e. The van der Waals surface area contributed by atoms with E-state index in [1.807, 2.05) is 4.68 Å². The van der Waals surface area contributed by atoms with Gasteiger partial charge in [0.2, 0.25) is 5.95 Å². The number of nitrogens with two attached hydrogens (primary N) is 1. The summed E-state index contributed by atoms with van der Waals surface area (Å²) in [6.07, 6.45) is 8.39. The van der Waals surface area contributed by atoms with Crippen LogP contribution in [0.4, 0.5) is 5.95 Å². The molecule has 1 aromatic rings. The normalized spacial score (nSPS) is 20.1. The summed E-state index contributed by atoms with van der Waals surface area (Å²) in [4.78, 5) is 3.91. The van der Waals surface area contributed by atoms with Crippen molar-refractivity contribution < 1.29 is 0 Å². The largest absolute Gasteiger partial charge is 0.367 e. The van der Waals surface area contributed by atoms with E-state index in [1.54, 1.807) is 6.33 Å². The topological polar surface area (TPSA) is 56.7 Å².